The first-order valence-corrected chi connectivity index (χ1v) is 12.2. The van der Waals surface area contributed by atoms with Gasteiger partial charge in [0.05, 0.1) is 32.5 Å². The topological polar surface area (TPSA) is 286 Å². The van der Waals surface area contributed by atoms with Gasteiger partial charge in [-0.1, -0.05) is 5.11 Å². The number of halogens is 9. The molecule has 0 aliphatic rings. The second-order valence-corrected chi connectivity index (χ2v) is 8.09. The van der Waals surface area contributed by atoms with Crippen molar-refractivity contribution in [3.8, 4) is 0 Å². The molecule has 0 saturated heterocycles. The van der Waals surface area contributed by atoms with E-state index in [1.807, 2.05) is 0 Å². The summed E-state index contributed by atoms with van der Waals surface area (Å²) in [5.74, 6) is -7.31. The smallest absolute Gasteiger partial charge is 0.475 e. The Morgan fingerprint density at radius 2 is 1.18 bits per heavy atom. The van der Waals surface area contributed by atoms with Gasteiger partial charge in [0, 0.05) is 42.1 Å². The summed E-state index contributed by atoms with van der Waals surface area (Å²) in [6.07, 6.45) is -15.3. The van der Waals surface area contributed by atoms with Crippen molar-refractivity contribution in [1.82, 2.24) is 5.32 Å². The van der Waals surface area contributed by atoms with Crippen LogP contribution in [0.15, 0.2) is 5.11 Å². The lowest BCUT2D eigenvalue weighted by molar-refractivity contribution is -0.193. The van der Waals surface area contributed by atoms with E-state index in [2.05, 4.69) is 15.3 Å². The van der Waals surface area contributed by atoms with Crippen LogP contribution in [0.1, 0.15) is 0 Å². The van der Waals surface area contributed by atoms with Gasteiger partial charge in [0.15, 0.2) is 0 Å². The summed E-state index contributed by atoms with van der Waals surface area (Å²) in [4.78, 5) is 41.0. The monoisotopic (exact) mass is 691 g/mol. The fraction of sp³-hybridized carbons (Fsp3) is 0.778. The van der Waals surface area contributed by atoms with Crippen molar-refractivity contribution < 1.29 is 83.5 Å². The quantitative estimate of drug-likeness (QED) is 0.0410. The number of azide groups is 1. The van der Waals surface area contributed by atoms with Gasteiger partial charge in [-0.3, -0.25) is 4.79 Å². The van der Waals surface area contributed by atoms with Crippen LogP contribution in [-0.4, -0.2) is 127 Å². The van der Waals surface area contributed by atoms with Crippen LogP contribution in [0.2, 0.25) is 0 Å². The summed E-state index contributed by atoms with van der Waals surface area (Å²) < 4.78 is 106. The van der Waals surface area contributed by atoms with Gasteiger partial charge in [0.2, 0.25) is 5.91 Å². The fourth-order valence-electron chi connectivity index (χ4n) is 1.34. The molecule has 0 spiro atoms. The van der Waals surface area contributed by atoms with E-state index in [4.69, 9.17) is 61.9 Å². The zero-order valence-electron chi connectivity index (χ0n) is 22.2. The Bertz CT molecular complexity index is 820. The molecule has 10 N–H and O–H groups in total. The van der Waals surface area contributed by atoms with Crippen LogP contribution in [0.4, 0.5) is 39.5 Å². The van der Waals surface area contributed by atoms with Gasteiger partial charge in [-0.2, -0.15) is 51.3 Å². The number of hydrogen-bond donors (Lipinski definition) is 7. The number of carbonyl (C=O) groups is 4. The maximum atomic E-state index is 11.7. The standard InChI is InChI=1S/C12H27N7O3S.3C2HF3O2/c13-7-10(14)8-23-9-11(15)12(20)17-1-3-21-5-6-22-4-2-18-19-16;3*3-2(4,5)1(6)7/h10-11H,1-9,13-15H2,(H,17,20);3*(H,6,7)/t10-,11-;;;/m0.../s1. The van der Waals surface area contributed by atoms with Crippen LogP contribution < -0.4 is 22.5 Å². The Kier molecular flexibility index (Phi) is 28.3. The maximum Gasteiger partial charge on any atom is 0.490 e. The Morgan fingerprint density at radius 3 is 1.52 bits per heavy atom. The van der Waals surface area contributed by atoms with Crippen molar-refractivity contribution in [3.05, 3.63) is 10.4 Å². The molecule has 0 heterocycles. The lowest BCUT2D eigenvalue weighted by Crippen LogP contribution is -2.44. The largest absolute Gasteiger partial charge is 0.490 e. The molecule has 0 bridgehead atoms. The van der Waals surface area contributed by atoms with Gasteiger partial charge in [0.1, 0.15) is 0 Å². The second kappa shape index (κ2) is 26.1. The zero-order valence-corrected chi connectivity index (χ0v) is 23.0. The first-order chi connectivity index (χ1) is 19.9. The molecule has 0 aliphatic carbocycles. The lowest BCUT2D eigenvalue weighted by Gasteiger charge is -2.13. The van der Waals surface area contributed by atoms with E-state index in [0.29, 0.717) is 57.6 Å². The molecule has 1 amide bonds. The number of nitrogens with two attached hydrogens (primary N) is 3. The van der Waals surface area contributed by atoms with E-state index < -0.39 is 42.5 Å². The van der Waals surface area contributed by atoms with E-state index >= 15 is 0 Å². The molecule has 0 unspecified atom stereocenters. The predicted molar refractivity (Wildman–Crippen MR) is 132 cm³/mol. The average molecular weight is 692 g/mol. The number of amides is 1. The van der Waals surface area contributed by atoms with Crippen molar-refractivity contribution >= 4 is 35.6 Å². The van der Waals surface area contributed by atoms with Crippen molar-refractivity contribution in [1.29, 1.82) is 0 Å². The molecule has 260 valence electrons. The molecule has 0 aromatic heterocycles. The Labute approximate surface area is 246 Å². The lowest BCUT2D eigenvalue weighted by atomic mass is 10.3. The molecule has 2 atom stereocenters. The predicted octanol–water partition coefficient (Wildman–Crippen LogP) is 0.693. The highest BCUT2D eigenvalue weighted by atomic mass is 32.2. The number of hydrogen-bond acceptors (Lipinski definition) is 11. The van der Waals surface area contributed by atoms with Gasteiger partial charge in [-0.15, -0.1) is 0 Å². The highest BCUT2D eigenvalue weighted by Gasteiger charge is 2.39. The molecular formula is C18H30F9N7O9S. The molecule has 0 aromatic carbocycles. The highest BCUT2D eigenvalue weighted by Crippen LogP contribution is 2.14. The third kappa shape index (κ3) is 36.7. The molecule has 16 nitrogen and oxygen atoms in total. The van der Waals surface area contributed by atoms with Gasteiger partial charge in [0.25, 0.3) is 0 Å². The van der Waals surface area contributed by atoms with Crippen LogP contribution in [0.5, 0.6) is 0 Å². The van der Waals surface area contributed by atoms with E-state index in [-0.39, 0.29) is 11.9 Å². The van der Waals surface area contributed by atoms with E-state index in [1.165, 1.54) is 11.8 Å². The van der Waals surface area contributed by atoms with Gasteiger partial charge in [-0.25, -0.2) is 14.4 Å². The molecule has 44 heavy (non-hydrogen) atoms. The molecule has 26 heteroatoms. The molecule has 0 rings (SSSR count). The summed E-state index contributed by atoms with van der Waals surface area (Å²) in [5, 5.41) is 27.4. The minimum atomic E-state index is -5.08. The number of rotatable bonds is 15. The molecule has 0 saturated carbocycles. The van der Waals surface area contributed by atoms with Crippen molar-refractivity contribution in [2.75, 3.05) is 57.6 Å². The van der Waals surface area contributed by atoms with Crippen LogP contribution in [0.3, 0.4) is 0 Å². The van der Waals surface area contributed by atoms with E-state index in [1.54, 1.807) is 0 Å². The zero-order chi connectivity index (χ0) is 35.6. The summed E-state index contributed by atoms with van der Waals surface area (Å²) in [6.45, 7) is 2.67. The van der Waals surface area contributed by atoms with Crippen molar-refractivity contribution in [3.63, 3.8) is 0 Å². The number of carbonyl (C=O) groups excluding carboxylic acids is 1. The number of nitrogens with zero attached hydrogens (tertiary/aromatic N) is 3. The van der Waals surface area contributed by atoms with E-state index in [0.717, 1.165) is 0 Å². The number of aliphatic carboxylic acids is 3. The third-order valence-corrected chi connectivity index (χ3v) is 4.57. The van der Waals surface area contributed by atoms with Crippen LogP contribution in [0.25, 0.3) is 10.4 Å². The first-order valence-electron chi connectivity index (χ1n) is 11.1. The van der Waals surface area contributed by atoms with Crippen molar-refractivity contribution in [2.24, 2.45) is 22.3 Å². The minimum Gasteiger partial charge on any atom is -0.475 e. The highest BCUT2D eigenvalue weighted by molar-refractivity contribution is 7.99. The molecule has 0 fully saturated rings. The molecule has 0 aliphatic heterocycles. The normalized spacial score (nSPS) is 12.3. The number of nitrogens with one attached hydrogen (secondary N) is 1. The third-order valence-electron chi connectivity index (χ3n) is 3.31. The first kappa shape index (κ1) is 47.6. The molecule has 0 radical (unpaired) electrons. The van der Waals surface area contributed by atoms with Crippen LogP contribution in [0, 0.1) is 0 Å². The summed E-state index contributed by atoms with van der Waals surface area (Å²) >= 11 is 1.51. The number of carboxylic acid groups (broad SMARTS) is 3. The SMILES string of the molecule is O=C(O)C(F)(F)F.O=C(O)C(F)(F)F.O=C(O)C(F)(F)F.[N-]=[N+]=NCCOCCOCCNC(=O)[C@@H](N)CSC[C@@H](N)CN. The number of ether oxygens (including phenoxy) is 2. The number of carboxylic acids is 3. The van der Waals surface area contributed by atoms with Gasteiger partial charge in [-0.05, 0) is 5.53 Å². The Morgan fingerprint density at radius 1 is 0.795 bits per heavy atom. The van der Waals surface area contributed by atoms with Crippen molar-refractivity contribution in [2.45, 2.75) is 30.6 Å². The minimum absolute atomic E-state index is 0.0717. The molecular weight excluding hydrogens is 661 g/mol. The van der Waals surface area contributed by atoms with Crippen LogP contribution in [-0.2, 0) is 28.7 Å². The number of thioether (sulfide) groups is 1. The summed E-state index contributed by atoms with van der Waals surface area (Å²) in [7, 11) is 0. The fourth-order valence-corrected chi connectivity index (χ4v) is 2.32. The molecule has 0 aromatic rings. The van der Waals surface area contributed by atoms with Crippen LogP contribution >= 0.6 is 11.8 Å². The summed E-state index contributed by atoms with van der Waals surface area (Å²) in [6, 6.07) is -0.647. The summed E-state index contributed by atoms with van der Waals surface area (Å²) in [5.41, 5.74) is 24.9. The number of alkyl halides is 9. The average Bonchev–Trinajstić information content (AvgIpc) is 2.88. The second-order valence-electron chi connectivity index (χ2n) is 7.02. The Hall–Kier alpha value is -3.29. The Balaban J connectivity index is -0.000000307. The van der Waals surface area contributed by atoms with Gasteiger partial charge >= 0.3 is 36.4 Å². The van der Waals surface area contributed by atoms with E-state index in [9.17, 15) is 44.3 Å². The maximum absolute atomic E-state index is 11.7. The van der Waals surface area contributed by atoms with Gasteiger partial charge < -0.3 is 47.3 Å².